The van der Waals surface area contributed by atoms with Gasteiger partial charge in [-0.25, -0.2) is 0 Å². The van der Waals surface area contributed by atoms with E-state index in [0.29, 0.717) is 6.42 Å². The molecule has 0 aromatic rings. The number of rotatable bonds is 7. The van der Waals surface area contributed by atoms with Crippen LogP contribution in [0, 0.1) is 28.6 Å². The molecule has 4 fully saturated rings. The van der Waals surface area contributed by atoms with E-state index >= 15 is 0 Å². The van der Waals surface area contributed by atoms with Gasteiger partial charge in [-0.2, -0.15) is 0 Å². The summed E-state index contributed by atoms with van der Waals surface area (Å²) in [5.74, 6) is 0.372. The molecule has 7 nitrogen and oxygen atoms in total. The molecule has 202 valence electrons. The molecule has 2 N–H and O–H groups in total. The van der Waals surface area contributed by atoms with Crippen LogP contribution in [-0.4, -0.2) is 61.2 Å². The normalized spacial score (nSPS) is 44.5. The van der Waals surface area contributed by atoms with Gasteiger partial charge in [0.2, 0.25) is 0 Å². The molecule has 4 aliphatic carbocycles. The summed E-state index contributed by atoms with van der Waals surface area (Å²) >= 11 is 0. The number of ketones is 2. The van der Waals surface area contributed by atoms with Crippen LogP contribution in [0.15, 0.2) is 23.8 Å². The summed E-state index contributed by atoms with van der Waals surface area (Å²) in [6, 6.07) is 0. The van der Waals surface area contributed by atoms with E-state index in [9.17, 15) is 14.7 Å². The number of carbonyl (C=O) groups excluding carboxylic acids is 2. The minimum Gasteiger partial charge on any atom is -0.393 e. The molecule has 5 aliphatic rings. The van der Waals surface area contributed by atoms with Crippen molar-refractivity contribution in [2.75, 3.05) is 20.4 Å². The maximum atomic E-state index is 13.8. The third-order valence-electron chi connectivity index (χ3n) is 9.71. The third-order valence-corrected chi connectivity index (χ3v) is 9.71. The SMILES string of the molecule is CC.CCCC1OC2CC3C4CCC5=CC(=O)C=CC5(C)C4C(O)CC3(C)C2(C(=O)COCNC)O1. The van der Waals surface area contributed by atoms with Gasteiger partial charge in [-0.1, -0.05) is 52.7 Å². The summed E-state index contributed by atoms with van der Waals surface area (Å²) in [6.07, 6.45) is 8.71. The first-order chi connectivity index (χ1) is 17.2. The van der Waals surface area contributed by atoms with Crippen molar-refractivity contribution in [2.24, 2.45) is 28.6 Å². The highest BCUT2D eigenvalue weighted by Gasteiger charge is 2.75. The lowest BCUT2D eigenvalue weighted by atomic mass is 9.46. The number of ether oxygens (including phenoxy) is 3. The summed E-state index contributed by atoms with van der Waals surface area (Å²) in [4.78, 5) is 25.9. The fourth-order valence-corrected chi connectivity index (χ4v) is 8.36. The number of allylic oxidation sites excluding steroid dienone is 4. The average Bonchev–Trinajstić information content (AvgIpc) is 3.33. The van der Waals surface area contributed by atoms with Gasteiger partial charge in [-0.05, 0) is 63.1 Å². The Balaban J connectivity index is 0.00000148. The van der Waals surface area contributed by atoms with E-state index in [-0.39, 0.29) is 54.2 Å². The molecule has 0 amide bonds. The van der Waals surface area contributed by atoms with Crippen molar-refractivity contribution in [2.45, 2.75) is 97.2 Å². The Labute approximate surface area is 216 Å². The maximum absolute atomic E-state index is 13.8. The molecular weight excluding hydrogens is 458 g/mol. The highest BCUT2D eigenvalue weighted by Crippen LogP contribution is 2.69. The van der Waals surface area contributed by atoms with Crippen LogP contribution in [0.5, 0.6) is 0 Å². The van der Waals surface area contributed by atoms with Crippen LogP contribution in [0.3, 0.4) is 0 Å². The lowest BCUT2D eigenvalue weighted by molar-refractivity contribution is -0.201. The minimum atomic E-state index is -1.10. The Morgan fingerprint density at radius 2 is 2.06 bits per heavy atom. The van der Waals surface area contributed by atoms with Crippen LogP contribution in [0.4, 0.5) is 0 Å². The van der Waals surface area contributed by atoms with Gasteiger partial charge in [-0.15, -0.1) is 0 Å². The number of aliphatic hydroxyl groups is 1. The first kappa shape index (κ1) is 27.6. The molecule has 0 aromatic carbocycles. The topological polar surface area (TPSA) is 94.1 Å². The van der Waals surface area contributed by atoms with E-state index in [1.165, 1.54) is 0 Å². The number of fused-ring (bicyclic) bond motifs is 7. The zero-order chi connectivity index (χ0) is 26.3. The molecule has 0 aromatic heterocycles. The summed E-state index contributed by atoms with van der Waals surface area (Å²) in [6.45, 7) is 10.6. The predicted octanol–water partition coefficient (Wildman–Crippen LogP) is 3.94. The summed E-state index contributed by atoms with van der Waals surface area (Å²) in [7, 11) is 1.78. The van der Waals surface area contributed by atoms with E-state index in [1.807, 2.05) is 19.9 Å². The first-order valence-corrected chi connectivity index (χ1v) is 13.9. The van der Waals surface area contributed by atoms with E-state index in [4.69, 9.17) is 14.2 Å². The second-order valence-electron chi connectivity index (χ2n) is 11.4. The highest BCUT2D eigenvalue weighted by atomic mass is 16.7. The Bertz CT molecular complexity index is 915. The molecule has 3 saturated carbocycles. The molecule has 5 rings (SSSR count). The zero-order valence-corrected chi connectivity index (χ0v) is 22.8. The van der Waals surface area contributed by atoms with Crippen molar-refractivity contribution in [1.82, 2.24) is 5.32 Å². The molecule has 36 heavy (non-hydrogen) atoms. The van der Waals surface area contributed by atoms with Crippen LogP contribution in [0.1, 0.15) is 73.1 Å². The largest absolute Gasteiger partial charge is 0.393 e. The average molecular weight is 504 g/mol. The fourth-order valence-electron chi connectivity index (χ4n) is 8.36. The molecule has 1 saturated heterocycles. The monoisotopic (exact) mass is 503 g/mol. The Morgan fingerprint density at radius 1 is 1.31 bits per heavy atom. The van der Waals surface area contributed by atoms with Crippen LogP contribution < -0.4 is 5.32 Å². The van der Waals surface area contributed by atoms with Crippen molar-refractivity contribution in [3.8, 4) is 0 Å². The predicted molar refractivity (Wildman–Crippen MR) is 137 cm³/mol. The van der Waals surface area contributed by atoms with Crippen LogP contribution >= 0.6 is 0 Å². The Hall–Kier alpha value is -1.38. The molecule has 1 aliphatic heterocycles. The summed E-state index contributed by atoms with van der Waals surface area (Å²) in [5.41, 5.74) is -0.863. The van der Waals surface area contributed by atoms with E-state index in [0.717, 1.165) is 37.7 Å². The second-order valence-corrected chi connectivity index (χ2v) is 11.4. The number of carbonyl (C=O) groups is 2. The first-order valence-electron chi connectivity index (χ1n) is 13.9. The Morgan fingerprint density at radius 3 is 2.75 bits per heavy atom. The molecule has 9 unspecified atom stereocenters. The molecular formula is C29H45NO6. The Kier molecular flexibility index (Phi) is 8.00. The van der Waals surface area contributed by atoms with Gasteiger partial charge in [0.1, 0.15) is 6.61 Å². The quantitative estimate of drug-likeness (QED) is 0.401. The molecule has 7 heteroatoms. The van der Waals surface area contributed by atoms with Crippen molar-refractivity contribution < 1.29 is 28.9 Å². The van der Waals surface area contributed by atoms with Gasteiger partial charge in [0.05, 0.1) is 18.9 Å². The van der Waals surface area contributed by atoms with Crippen molar-refractivity contribution >= 4 is 11.6 Å². The number of nitrogens with one attached hydrogen (secondary N) is 1. The number of Topliss-reactive ketones (excluding diaryl/α,β-unsaturated/α-hetero) is 1. The molecule has 0 radical (unpaired) electrons. The van der Waals surface area contributed by atoms with Crippen LogP contribution in [0.2, 0.25) is 0 Å². The van der Waals surface area contributed by atoms with Gasteiger partial charge in [-0.3, -0.25) is 14.9 Å². The third kappa shape index (κ3) is 3.97. The van der Waals surface area contributed by atoms with E-state index in [2.05, 4.69) is 26.1 Å². The highest BCUT2D eigenvalue weighted by molar-refractivity contribution is 6.01. The van der Waals surface area contributed by atoms with Gasteiger partial charge in [0.25, 0.3) is 0 Å². The standard InChI is InChI=1S/C27H39NO6.C2H6/c1-5-6-23-33-22-12-19-18-8-7-16-11-17(29)9-10-25(16,2)24(18)20(30)13-26(19,3)27(22,34-23)21(31)14-32-15-28-4;1-2/h9-11,18-20,22-24,28,30H,5-8,12-15H2,1-4H3;1-2H3. The van der Waals surface area contributed by atoms with Crippen LogP contribution in [-0.2, 0) is 23.8 Å². The molecule has 0 spiro atoms. The lowest BCUT2D eigenvalue weighted by Crippen LogP contribution is -2.63. The molecule has 1 heterocycles. The number of aliphatic hydroxyl groups excluding tert-OH is 1. The molecule has 0 bridgehead atoms. The summed E-state index contributed by atoms with van der Waals surface area (Å²) in [5, 5.41) is 14.6. The smallest absolute Gasteiger partial charge is 0.193 e. The van der Waals surface area contributed by atoms with Gasteiger partial charge in [0, 0.05) is 16.7 Å². The van der Waals surface area contributed by atoms with E-state index in [1.54, 1.807) is 19.2 Å². The van der Waals surface area contributed by atoms with Crippen molar-refractivity contribution in [1.29, 1.82) is 0 Å². The van der Waals surface area contributed by atoms with Crippen molar-refractivity contribution in [3.63, 3.8) is 0 Å². The zero-order valence-electron chi connectivity index (χ0n) is 22.8. The van der Waals surface area contributed by atoms with Gasteiger partial charge < -0.3 is 19.3 Å². The molecule has 9 atom stereocenters. The number of hydrogen-bond acceptors (Lipinski definition) is 7. The second kappa shape index (κ2) is 10.4. The van der Waals surface area contributed by atoms with Gasteiger partial charge >= 0.3 is 0 Å². The minimum absolute atomic E-state index is 0.00730. The lowest BCUT2D eigenvalue weighted by Gasteiger charge is -2.59. The van der Waals surface area contributed by atoms with Gasteiger partial charge in [0.15, 0.2) is 23.5 Å². The number of hydrogen-bond donors (Lipinski definition) is 2. The van der Waals surface area contributed by atoms with Crippen molar-refractivity contribution in [3.05, 3.63) is 23.8 Å². The van der Waals surface area contributed by atoms with Crippen LogP contribution in [0.25, 0.3) is 0 Å². The fraction of sp³-hybridized carbons (Fsp3) is 0.793. The maximum Gasteiger partial charge on any atom is 0.193 e. The summed E-state index contributed by atoms with van der Waals surface area (Å²) < 4.78 is 18.6. The van der Waals surface area contributed by atoms with E-state index < -0.39 is 23.4 Å².